The van der Waals surface area contributed by atoms with Crippen LogP contribution in [-0.2, 0) is 0 Å². The van der Waals surface area contributed by atoms with E-state index in [0.717, 1.165) is 11.3 Å². The van der Waals surface area contributed by atoms with Crippen LogP contribution in [0, 0.1) is 0 Å². The van der Waals surface area contributed by atoms with Crippen LogP contribution in [0.3, 0.4) is 0 Å². The average Bonchev–Trinajstić information content (AvgIpc) is 2.75. The molecule has 0 aliphatic carbocycles. The van der Waals surface area contributed by atoms with Crippen LogP contribution in [0.4, 0.5) is 18.3 Å². The molecule has 0 spiro atoms. The highest BCUT2D eigenvalue weighted by molar-refractivity contribution is 7.14. The van der Waals surface area contributed by atoms with E-state index in [9.17, 15) is 13.2 Å². The Hall–Kier alpha value is -1.27. The van der Waals surface area contributed by atoms with Gasteiger partial charge in [-0.05, 0) is 6.07 Å². The number of rotatable bonds is 3. The summed E-state index contributed by atoms with van der Waals surface area (Å²) in [4.78, 5) is 4.07. The number of alkyl halides is 3. The lowest BCUT2D eigenvalue weighted by Crippen LogP contribution is -2.21. The van der Waals surface area contributed by atoms with E-state index in [2.05, 4.69) is 10.3 Å². The topological polar surface area (TPSA) is 24.9 Å². The van der Waals surface area contributed by atoms with E-state index in [-0.39, 0.29) is 5.13 Å². The predicted octanol–water partition coefficient (Wildman–Crippen LogP) is 4.44. The van der Waals surface area contributed by atoms with Crippen molar-refractivity contribution in [1.82, 2.24) is 4.98 Å². The lowest BCUT2D eigenvalue weighted by Gasteiger charge is -2.06. The Kier molecular flexibility index (Phi) is 3.77. The molecule has 18 heavy (non-hydrogen) atoms. The summed E-state index contributed by atoms with van der Waals surface area (Å²) in [6.45, 7) is -1.09. The zero-order chi connectivity index (χ0) is 13.2. The monoisotopic (exact) mass is 292 g/mol. The maximum Gasteiger partial charge on any atom is 0.405 e. The van der Waals surface area contributed by atoms with E-state index in [0.29, 0.717) is 16.3 Å². The lowest BCUT2D eigenvalue weighted by atomic mass is 10.2. The van der Waals surface area contributed by atoms with Gasteiger partial charge in [-0.15, -0.1) is 11.3 Å². The average molecular weight is 293 g/mol. The summed E-state index contributed by atoms with van der Waals surface area (Å²) in [7, 11) is 0. The minimum absolute atomic E-state index is 0.224. The van der Waals surface area contributed by atoms with Crippen LogP contribution in [0.25, 0.3) is 11.3 Å². The van der Waals surface area contributed by atoms with Crippen LogP contribution < -0.4 is 5.32 Å². The fraction of sp³-hybridized carbons (Fsp3) is 0.182. The first-order chi connectivity index (χ1) is 8.46. The maximum absolute atomic E-state index is 12.0. The zero-order valence-corrected chi connectivity index (χ0v) is 10.5. The van der Waals surface area contributed by atoms with Gasteiger partial charge in [0.2, 0.25) is 0 Å². The van der Waals surface area contributed by atoms with Crippen LogP contribution in [-0.4, -0.2) is 17.7 Å². The van der Waals surface area contributed by atoms with Crippen LogP contribution in [0.15, 0.2) is 29.6 Å². The van der Waals surface area contributed by atoms with Gasteiger partial charge in [-0.2, -0.15) is 13.2 Å². The number of benzene rings is 1. The molecule has 2 nitrogen and oxygen atoms in total. The summed E-state index contributed by atoms with van der Waals surface area (Å²) < 4.78 is 36.1. The van der Waals surface area contributed by atoms with E-state index >= 15 is 0 Å². The molecule has 1 aromatic carbocycles. The first kappa shape index (κ1) is 13.2. The molecule has 0 atom stereocenters. The van der Waals surface area contributed by atoms with Gasteiger partial charge < -0.3 is 5.32 Å². The Bertz CT molecular complexity index is 539. The molecule has 96 valence electrons. The van der Waals surface area contributed by atoms with Crippen LogP contribution in [0.1, 0.15) is 0 Å². The van der Waals surface area contributed by atoms with Gasteiger partial charge in [0.15, 0.2) is 5.13 Å². The molecular weight excluding hydrogens is 285 g/mol. The van der Waals surface area contributed by atoms with Crippen molar-refractivity contribution >= 4 is 28.1 Å². The predicted molar refractivity (Wildman–Crippen MR) is 67.1 cm³/mol. The summed E-state index contributed by atoms with van der Waals surface area (Å²) in [6, 6.07) is 7.05. The number of aromatic nitrogens is 1. The van der Waals surface area contributed by atoms with Gasteiger partial charge in [-0.1, -0.05) is 29.8 Å². The number of nitrogens with one attached hydrogen (secondary N) is 1. The summed E-state index contributed by atoms with van der Waals surface area (Å²) >= 11 is 7.09. The fourth-order valence-electron chi connectivity index (χ4n) is 1.32. The SMILES string of the molecule is FC(F)(F)CNc1nc(-c2ccccc2Cl)cs1. The molecule has 0 aliphatic rings. The molecule has 0 aliphatic heterocycles. The standard InChI is InChI=1S/C11H8ClF3N2S/c12-8-4-2-1-3-7(8)9-5-18-10(17-9)16-6-11(13,14)15/h1-5H,6H2,(H,16,17). The van der Waals surface area contributed by atoms with Crippen molar-refractivity contribution < 1.29 is 13.2 Å². The van der Waals surface area contributed by atoms with Crippen molar-refractivity contribution in [3.63, 3.8) is 0 Å². The number of hydrogen-bond donors (Lipinski definition) is 1. The normalized spacial score (nSPS) is 11.6. The minimum Gasteiger partial charge on any atom is -0.352 e. The zero-order valence-electron chi connectivity index (χ0n) is 8.96. The van der Waals surface area contributed by atoms with Crippen LogP contribution in [0.2, 0.25) is 5.02 Å². The largest absolute Gasteiger partial charge is 0.405 e. The third-order valence-corrected chi connectivity index (χ3v) is 3.22. The first-order valence-corrected chi connectivity index (χ1v) is 6.22. The van der Waals surface area contributed by atoms with Crippen molar-refractivity contribution in [1.29, 1.82) is 0 Å². The number of thiazole rings is 1. The van der Waals surface area contributed by atoms with Gasteiger partial charge in [-0.3, -0.25) is 0 Å². The molecule has 1 aromatic heterocycles. The highest BCUT2D eigenvalue weighted by Crippen LogP contribution is 2.30. The maximum atomic E-state index is 12.0. The third kappa shape index (κ3) is 3.36. The molecule has 0 radical (unpaired) electrons. The quantitative estimate of drug-likeness (QED) is 0.905. The third-order valence-electron chi connectivity index (χ3n) is 2.09. The van der Waals surface area contributed by atoms with Crippen molar-refractivity contribution in [2.45, 2.75) is 6.18 Å². The van der Waals surface area contributed by atoms with E-state index in [1.54, 1.807) is 29.6 Å². The van der Waals surface area contributed by atoms with E-state index in [4.69, 9.17) is 11.6 Å². The fourth-order valence-corrected chi connectivity index (χ4v) is 2.27. The van der Waals surface area contributed by atoms with Crippen LogP contribution in [0.5, 0.6) is 0 Å². The number of halogens is 4. The molecule has 0 fully saturated rings. The van der Waals surface area contributed by atoms with E-state index in [1.807, 2.05) is 0 Å². The smallest absolute Gasteiger partial charge is 0.352 e. The molecule has 1 heterocycles. The Morgan fingerprint density at radius 2 is 2.00 bits per heavy atom. The Balaban J connectivity index is 2.14. The Morgan fingerprint density at radius 1 is 1.28 bits per heavy atom. The highest BCUT2D eigenvalue weighted by Gasteiger charge is 2.27. The molecule has 0 unspecified atom stereocenters. The second-order valence-corrected chi connectivity index (χ2v) is 4.75. The van der Waals surface area contributed by atoms with Crippen molar-refractivity contribution in [3.05, 3.63) is 34.7 Å². The number of nitrogens with zero attached hydrogens (tertiary/aromatic N) is 1. The summed E-state index contributed by atoms with van der Waals surface area (Å²) in [5.41, 5.74) is 1.27. The molecular formula is C11H8ClF3N2S. The van der Waals surface area contributed by atoms with Crippen molar-refractivity contribution in [2.75, 3.05) is 11.9 Å². The van der Waals surface area contributed by atoms with Gasteiger partial charge in [0.05, 0.1) is 5.69 Å². The summed E-state index contributed by atoms with van der Waals surface area (Å²) in [5.74, 6) is 0. The lowest BCUT2D eigenvalue weighted by molar-refractivity contribution is -0.115. The molecule has 2 rings (SSSR count). The molecule has 0 amide bonds. The second-order valence-electron chi connectivity index (χ2n) is 3.49. The van der Waals surface area contributed by atoms with E-state index < -0.39 is 12.7 Å². The number of anilines is 1. The van der Waals surface area contributed by atoms with Crippen molar-refractivity contribution in [3.8, 4) is 11.3 Å². The van der Waals surface area contributed by atoms with Gasteiger partial charge in [0.1, 0.15) is 6.54 Å². The molecule has 0 saturated heterocycles. The highest BCUT2D eigenvalue weighted by atomic mass is 35.5. The van der Waals surface area contributed by atoms with Crippen molar-refractivity contribution in [2.24, 2.45) is 0 Å². The van der Waals surface area contributed by atoms with Gasteiger partial charge in [0.25, 0.3) is 0 Å². The van der Waals surface area contributed by atoms with Gasteiger partial charge >= 0.3 is 6.18 Å². The Labute approximate surface area is 110 Å². The van der Waals surface area contributed by atoms with Crippen LogP contribution >= 0.6 is 22.9 Å². The minimum atomic E-state index is -4.25. The molecule has 1 N–H and O–H groups in total. The molecule has 2 aromatic rings. The second kappa shape index (κ2) is 5.16. The summed E-state index contributed by atoms with van der Waals surface area (Å²) in [6.07, 6.45) is -4.25. The Morgan fingerprint density at radius 3 is 2.67 bits per heavy atom. The molecule has 0 bridgehead atoms. The first-order valence-electron chi connectivity index (χ1n) is 4.97. The summed E-state index contributed by atoms with van der Waals surface area (Å²) in [5, 5.41) is 4.64. The molecule has 7 heteroatoms. The number of hydrogen-bond acceptors (Lipinski definition) is 3. The van der Waals surface area contributed by atoms with E-state index in [1.165, 1.54) is 0 Å². The van der Waals surface area contributed by atoms with Gasteiger partial charge in [-0.25, -0.2) is 4.98 Å². The van der Waals surface area contributed by atoms with Gasteiger partial charge in [0, 0.05) is 16.0 Å². The molecule has 0 saturated carbocycles.